The van der Waals surface area contributed by atoms with Crippen LogP contribution in [0.1, 0.15) is 15.9 Å². The van der Waals surface area contributed by atoms with Crippen molar-refractivity contribution >= 4 is 5.91 Å². The van der Waals surface area contributed by atoms with Crippen molar-refractivity contribution in [3.05, 3.63) is 47.8 Å². The lowest BCUT2D eigenvalue weighted by Crippen LogP contribution is -2.24. The highest BCUT2D eigenvalue weighted by atomic mass is 16.5. The number of hydrogen-bond acceptors (Lipinski definition) is 5. The van der Waals surface area contributed by atoms with Crippen molar-refractivity contribution in [2.45, 2.75) is 6.42 Å². The van der Waals surface area contributed by atoms with Crippen LogP contribution in [0.25, 0.3) is 0 Å². The Labute approximate surface area is 136 Å². The molecule has 1 heterocycles. The maximum atomic E-state index is 12.4. The molecule has 1 amide bonds. The van der Waals surface area contributed by atoms with Crippen molar-refractivity contribution in [3.8, 4) is 11.8 Å². The predicted octanol–water partition coefficient (Wildman–Crippen LogP) is 2.07. The Morgan fingerprint density at radius 2 is 1.78 bits per heavy atom. The fourth-order valence-electron chi connectivity index (χ4n) is 2.13. The summed E-state index contributed by atoms with van der Waals surface area (Å²) >= 11 is 0. The molecule has 0 atom stereocenters. The van der Waals surface area contributed by atoms with E-state index >= 15 is 0 Å². The number of benzene rings is 1. The van der Waals surface area contributed by atoms with E-state index in [1.807, 2.05) is 32.3 Å². The van der Waals surface area contributed by atoms with Gasteiger partial charge in [0.05, 0.1) is 0 Å². The van der Waals surface area contributed by atoms with Gasteiger partial charge in [0.15, 0.2) is 0 Å². The first kappa shape index (κ1) is 16.9. The van der Waals surface area contributed by atoms with Crippen molar-refractivity contribution in [1.29, 1.82) is 0 Å². The minimum Gasteiger partial charge on any atom is -0.424 e. The SMILES string of the molecule is CN(C)CCc1c(Oc2ncccn2)cccc1C(=O)N(C)C. The van der Waals surface area contributed by atoms with Gasteiger partial charge in [-0.05, 0) is 38.7 Å². The molecule has 2 rings (SSSR count). The second kappa shape index (κ2) is 7.69. The van der Waals surface area contributed by atoms with Gasteiger partial charge in [-0.25, -0.2) is 9.97 Å². The van der Waals surface area contributed by atoms with Gasteiger partial charge >= 0.3 is 6.01 Å². The summed E-state index contributed by atoms with van der Waals surface area (Å²) in [5, 5.41) is 0. The second-order valence-electron chi connectivity index (χ2n) is 5.67. The van der Waals surface area contributed by atoms with Gasteiger partial charge in [-0.3, -0.25) is 4.79 Å². The van der Waals surface area contributed by atoms with Gasteiger partial charge in [0.1, 0.15) is 5.75 Å². The Morgan fingerprint density at radius 1 is 1.09 bits per heavy atom. The standard InChI is InChI=1S/C17H22N4O2/c1-20(2)12-9-13-14(16(22)21(3)4)7-5-8-15(13)23-17-18-10-6-11-19-17/h5-8,10-11H,9,12H2,1-4H3. The largest absolute Gasteiger partial charge is 0.424 e. The molecule has 0 radical (unpaired) electrons. The second-order valence-corrected chi connectivity index (χ2v) is 5.67. The van der Waals surface area contributed by atoms with Gasteiger partial charge in [-0.15, -0.1) is 0 Å². The Bertz CT molecular complexity index is 657. The molecule has 23 heavy (non-hydrogen) atoms. The van der Waals surface area contributed by atoms with E-state index in [1.54, 1.807) is 37.5 Å². The van der Waals surface area contributed by atoms with Crippen LogP contribution in [0.2, 0.25) is 0 Å². The number of aromatic nitrogens is 2. The summed E-state index contributed by atoms with van der Waals surface area (Å²) in [6, 6.07) is 7.48. The molecule has 6 nitrogen and oxygen atoms in total. The highest BCUT2D eigenvalue weighted by Crippen LogP contribution is 2.27. The van der Waals surface area contributed by atoms with Crippen LogP contribution in [-0.2, 0) is 6.42 Å². The number of likely N-dealkylation sites (N-methyl/N-ethyl adjacent to an activating group) is 1. The molecule has 0 bridgehead atoms. The molecule has 0 unspecified atom stereocenters. The molecule has 0 saturated heterocycles. The number of ether oxygens (including phenoxy) is 1. The van der Waals surface area contributed by atoms with Crippen LogP contribution in [0, 0.1) is 0 Å². The van der Waals surface area contributed by atoms with Crippen LogP contribution in [0.4, 0.5) is 0 Å². The predicted molar refractivity (Wildman–Crippen MR) is 88.8 cm³/mol. The van der Waals surface area contributed by atoms with Crippen LogP contribution >= 0.6 is 0 Å². The van der Waals surface area contributed by atoms with E-state index < -0.39 is 0 Å². The summed E-state index contributed by atoms with van der Waals surface area (Å²) in [5.41, 5.74) is 1.51. The number of hydrogen-bond donors (Lipinski definition) is 0. The van der Waals surface area contributed by atoms with E-state index in [4.69, 9.17) is 4.74 Å². The van der Waals surface area contributed by atoms with E-state index in [0.717, 1.165) is 12.1 Å². The summed E-state index contributed by atoms with van der Waals surface area (Å²) in [5.74, 6) is 0.573. The third-order valence-corrected chi connectivity index (χ3v) is 3.32. The van der Waals surface area contributed by atoms with Gasteiger partial charge in [-0.1, -0.05) is 6.07 Å². The summed E-state index contributed by atoms with van der Waals surface area (Å²) in [6.07, 6.45) is 3.94. The lowest BCUT2D eigenvalue weighted by molar-refractivity contribution is 0.0826. The zero-order valence-corrected chi connectivity index (χ0v) is 14.0. The molecular formula is C17H22N4O2. The van der Waals surface area contributed by atoms with Gasteiger partial charge in [0.25, 0.3) is 5.91 Å². The normalized spacial score (nSPS) is 10.7. The topological polar surface area (TPSA) is 58.6 Å². The minimum atomic E-state index is -0.0433. The summed E-state index contributed by atoms with van der Waals surface area (Å²) in [6.45, 7) is 0.809. The average molecular weight is 314 g/mol. The lowest BCUT2D eigenvalue weighted by atomic mass is 10.0. The lowest BCUT2D eigenvalue weighted by Gasteiger charge is -2.18. The smallest absolute Gasteiger partial charge is 0.321 e. The minimum absolute atomic E-state index is 0.0433. The number of amides is 1. The summed E-state index contributed by atoms with van der Waals surface area (Å²) in [7, 11) is 7.48. The Balaban J connectivity index is 2.39. The maximum Gasteiger partial charge on any atom is 0.321 e. The highest BCUT2D eigenvalue weighted by Gasteiger charge is 2.18. The monoisotopic (exact) mass is 314 g/mol. The first-order chi connectivity index (χ1) is 11.0. The van der Waals surface area contributed by atoms with Crippen molar-refractivity contribution in [1.82, 2.24) is 19.8 Å². The maximum absolute atomic E-state index is 12.4. The van der Waals surface area contributed by atoms with E-state index in [1.165, 1.54) is 0 Å². The van der Waals surface area contributed by atoms with Crippen LogP contribution in [-0.4, -0.2) is 60.4 Å². The third kappa shape index (κ3) is 4.50. The van der Waals surface area contributed by atoms with E-state index in [-0.39, 0.29) is 11.9 Å². The number of carbonyl (C=O) groups excluding carboxylic acids is 1. The molecule has 0 N–H and O–H groups in total. The van der Waals surface area contributed by atoms with Crippen molar-refractivity contribution < 1.29 is 9.53 Å². The molecule has 0 aliphatic heterocycles. The van der Waals surface area contributed by atoms with Gasteiger partial charge in [-0.2, -0.15) is 0 Å². The van der Waals surface area contributed by atoms with Gasteiger partial charge in [0.2, 0.25) is 0 Å². The zero-order chi connectivity index (χ0) is 16.8. The number of carbonyl (C=O) groups is 1. The van der Waals surface area contributed by atoms with E-state index in [2.05, 4.69) is 14.9 Å². The molecule has 1 aromatic carbocycles. The molecule has 1 aromatic heterocycles. The molecule has 0 saturated carbocycles. The molecule has 122 valence electrons. The van der Waals surface area contributed by atoms with Crippen LogP contribution in [0.3, 0.4) is 0 Å². The van der Waals surface area contributed by atoms with Crippen LogP contribution in [0.15, 0.2) is 36.7 Å². The first-order valence-electron chi connectivity index (χ1n) is 7.42. The molecule has 0 spiro atoms. The molecule has 2 aromatic rings. The Morgan fingerprint density at radius 3 is 2.39 bits per heavy atom. The number of rotatable bonds is 6. The molecule has 0 aliphatic rings. The van der Waals surface area contributed by atoms with E-state index in [9.17, 15) is 4.79 Å². The molecule has 0 aliphatic carbocycles. The van der Waals surface area contributed by atoms with Crippen LogP contribution < -0.4 is 4.74 Å². The summed E-state index contributed by atoms with van der Waals surface area (Å²) in [4.78, 5) is 24.2. The first-order valence-corrected chi connectivity index (χ1v) is 7.42. The van der Waals surface area contributed by atoms with Gasteiger partial charge < -0.3 is 14.5 Å². The molecule has 0 fully saturated rings. The average Bonchev–Trinajstić information content (AvgIpc) is 2.53. The van der Waals surface area contributed by atoms with E-state index in [0.29, 0.717) is 17.7 Å². The van der Waals surface area contributed by atoms with Gasteiger partial charge in [0, 0.05) is 44.2 Å². The summed E-state index contributed by atoms with van der Waals surface area (Å²) < 4.78 is 5.80. The Hall–Kier alpha value is -2.47. The van der Waals surface area contributed by atoms with Crippen molar-refractivity contribution in [2.75, 3.05) is 34.7 Å². The fourth-order valence-corrected chi connectivity index (χ4v) is 2.13. The van der Waals surface area contributed by atoms with Crippen LogP contribution in [0.5, 0.6) is 11.8 Å². The quantitative estimate of drug-likeness (QED) is 0.817. The molecule has 6 heteroatoms. The zero-order valence-electron chi connectivity index (χ0n) is 14.0. The Kier molecular flexibility index (Phi) is 5.65. The fraction of sp³-hybridized carbons (Fsp3) is 0.353. The molecular weight excluding hydrogens is 292 g/mol. The number of nitrogens with zero attached hydrogens (tertiary/aromatic N) is 4. The van der Waals surface area contributed by atoms with Crippen molar-refractivity contribution in [3.63, 3.8) is 0 Å². The third-order valence-electron chi connectivity index (χ3n) is 3.32. The van der Waals surface area contributed by atoms with Crippen molar-refractivity contribution in [2.24, 2.45) is 0 Å². The highest BCUT2D eigenvalue weighted by molar-refractivity contribution is 5.96.